The fourth-order valence-corrected chi connectivity index (χ4v) is 3.98. The molecule has 1 heterocycles. The molecule has 0 aliphatic carbocycles. The van der Waals surface area contributed by atoms with E-state index < -0.39 is 6.10 Å². The maximum Gasteiger partial charge on any atom is 0.0900 e. The minimum atomic E-state index is -0.561. The third kappa shape index (κ3) is 8.41. The van der Waals surface area contributed by atoms with Crippen molar-refractivity contribution in [1.29, 1.82) is 0 Å². The first-order valence-electron chi connectivity index (χ1n) is 12.1. The zero-order valence-electron chi connectivity index (χ0n) is 21.1. The number of hydrogen-bond acceptors (Lipinski definition) is 4. The van der Waals surface area contributed by atoms with Crippen LogP contribution in [-0.2, 0) is 34.6 Å². The summed E-state index contributed by atoms with van der Waals surface area (Å²) in [6, 6.07) is 23.2. The van der Waals surface area contributed by atoms with Gasteiger partial charge < -0.3 is 19.1 Å². The first kappa shape index (κ1) is 26.2. The predicted molar refractivity (Wildman–Crippen MR) is 138 cm³/mol. The van der Waals surface area contributed by atoms with Gasteiger partial charge in [0, 0.05) is 45.2 Å². The molecule has 0 spiro atoms. The molecule has 5 nitrogen and oxygen atoms in total. The maximum absolute atomic E-state index is 10.6. The summed E-state index contributed by atoms with van der Waals surface area (Å²) in [5.74, 6) is 0. The summed E-state index contributed by atoms with van der Waals surface area (Å²) in [6.45, 7) is 11.0. The van der Waals surface area contributed by atoms with Gasteiger partial charge in [-0.15, -0.1) is 0 Å². The van der Waals surface area contributed by atoms with Crippen molar-refractivity contribution in [2.45, 2.75) is 52.0 Å². The Morgan fingerprint density at radius 3 is 2.35 bits per heavy atom. The minimum Gasteiger partial charge on any atom is -0.389 e. The lowest BCUT2D eigenvalue weighted by atomic mass is 9.87. The third-order valence-electron chi connectivity index (χ3n) is 5.98. The fourth-order valence-electron chi connectivity index (χ4n) is 3.98. The average Bonchev–Trinajstić information content (AvgIpc) is 3.24. The van der Waals surface area contributed by atoms with Gasteiger partial charge in [0.25, 0.3) is 0 Å². The van der Waals surface area contributed by atoms with Crippen LogP contribution in [0.25, 0.3) is 0 Å². The van der Waals surface area contributed by atoms with Crippen LogP contribution in [0.5, 0.6) is 0 Å². The smallest absolute Gasteiger partial charge is 0.0900 e. The second-order valence-corrected chi connectivity index (χ2v) is 9.96. The zero-order valence-corrected chi connectivity index (χ0v) is 21.1. The standard InChI is InChI=1S/C29H40N2O3/c1-29(2,3)26-14-12-24(13-15-26)19-31-16-8-11-27(31)20-30(17-18-33-4)21-28(32)23-34-22-25-9-6-5-7-10-25/h5-16,28,32H,17-23H2,1-4H3. The fraction of sp³-hybridized carbons (Fsp3) is 0.448. The summed E-state index contributed by atoms with van der Waals surface area (Å²) in [7, 11) is 1.71. The number of aromatic nitrogens is 1. The summed E-state index contributed by atoms with van der Waals surface area (Å²) in [5.41, 5.74) is 5.11. The van der Waals surface area contributed by atoms with Crippen molar-refractivity contribution < 1.29 is 14.6 Å². The third-order valence-corrected chi connectivity index (χ3v) is 5.98. The number of benzene rings is 2. The SMILES string of the molecule is COCCN(Cc1cccn1Cc1ccc(C(C)(C)C)cc1)CC(O)COCc1ccccc1. The molecule has 0 aliphatic heterocycles. The molecule has 34 heavy (non-hydrogen) atoms. The van der Waals surface area contributed by atoms with Gasteiger partial charge in [0.05, 0.1) is 25.9 Å². The zero-order chi connectivity index (χ0) is 24.4. The van der Waals surface area contributed by atoms with Crippen LogP contribution in [-0.4, -0.2) is 54.1 Å². The quantitative estimate of drug-likeness (QED) is 0.392. The molecule has 3 aromatic rings. The summed E-state index contributed by atoms with van der Waals surface area (Å²) >= 11 is 0. The summed E-state index contributed by atoms with van der Waals surface area (Å²) in [6.07, 6.45) is 1.56. The lowest BCUT2D eigenvalue weighted by Crippen LogP contribution is -2.37. The average molecular weight is 465 g/mol. The Morgan fingerprint density at radius 1 is 0.941 bits per heavy atom. The van der Waals surface area contributed by atoms with Gasteiger partial charge in [0.2, 0.25) is 0 Å². The van der Waals surface area contributed by atoms with Crippen LogP contribution in [0.4, 0.5) is 0 Å². The van der Waals surface area contributed by atoms with E-state index in [9.17, 15) is 5.11 Å². The second-order valence-electron chi connectivity index (χ2n) is 9.96. The predicted octanol–water partition coefficient (Wildman–Crippen LogP) is 4.86. The Hall–Kier alpha value is -2.44. The van der Waals surface area contributed by atoms with Crippen LogP contribution in [0.1, 0.15) is 43.2 Å². The number of hydrogen-bond donors (Lipinski definition) is 1. The van der Waals surface area contributed by atoms with E-state index in [0.29, 0.717) is 26.4 Å². The molecule has 1 atom stereocenters. The highest BCUT2D eigenvalue weighted by molar-refractivity contribution is 5.28. The van der Waals surface area contributed by atoms with Crippen molar-refractivity contribution in [2.75, 3.05) is 33.4 Å². The van der Waals surface area contributed by atoms with E-state index in [4.69, 9.17) is 9.47 Å². The number of aliphatic hydroxyl groups is 1. The molecule has 0 saturated heterocycles. The van der Waals surface area contributed by atoms with Gasteiger partial charge in [-0.3, -0.25) is 4.90 Å². The molecule has 184 valence electrons. The Labute approximate surface area is 204 Å². The van der Waals surface area contributed by atoms with E-state index in [1.807, 2.05) is 30.3 Å². The first-order valence-corrected chi connectivity index (χ1v) is 12.1. The van der Waals surface area contributed by atoms with Gasteiger partial charge in [0.1, 0.15) is 0 Å². The number of nitrogens with zero attached hydrogens (tertiary/aromatic N) is 2. The highest BCUT2D eigenvalue weighted by Crippen LogP contribution is 2.22. The van der Waals surface area contributed by atoms with Crippen molar-refractivity contribution in [3.63, 3.8) is 0 Å². The first-order chi connectivity index (χ1) is 16.3. The molecular weight excluding hydrogens is 424 g/mol. The maximum atomic E-state index is 10.6. The van der Waals surface area contributed by atoms with Crippen LogP contribution < -0.4 is 0 Å². The molecule has 1 unspecified atom stereocenters. The number of ether oxygens (including phenoxy) is 2. The van der Waals surface area contributed by atoms with Gasteiger partial charge in [-0.1, -0.05) is 75.4 Å². The lowest BCUT2D eigenvalue weighted by Gasteiger charge is -2.25. The van der Waals surface area contributed by atoms with E-state index in [-0.39, 0.29) is 5.41 Å². The Balaban J connectivity index is 1.56. The Morgan fingerprint density at radius 2 is 1.68 bits per heavy atom. The largest absolute Gasteiger partial charge is 0.389 e. The van der Waals surface area contributed by atoms with Crippen LogP contribution in [0.15, 0.2) is 72.9 Å². The molecule has 5 heteroatoms. The van der Waals surface area contributed by atoms with Crippen molar-refractivity contribution in [3.05, 3.63) is 95.3 Å². The molecule has 0 radical (unpaired) electrons. The molecule has 0 bridgehead atoms. The van der Waals surface area contributed by atoms with Gasteiger partial charge >= 0.3 is 0 Å². The van der Waals surface area contributed by atoms with Crippen molar-refractivity contribution in [2.24, 2.45) is 0 Å². The van der Waals surface area contributed by atoms with E-state index in [1.54, 1.807) is 7.11 Å². The summed E-state index contributed by atoms with van der Waals surface area (Å²) in [4.78, 5) is 2.23. The molecule has 3 rings (SSSR count). The molecule has 0 amide bonds. The van der Waals surface area contributed by atoms with Crippen LogP contribution in [0.3, 0.4) is 0 Å². The van der Waals surface area contributed by atoms with Crippen LogP contribution in [0, 0.1) is 0 Å². The monoisotopic (exact) mass is 464 g/mol. The highest BCUT2D eigenvalue weighted by atomic mass is 16.5. The molecule has 1 N–H and O–H groups in total. The molecule has 0 aliphatic rings. The highest BCUT2D eigenvalue weighted by Gasteiger charge is 2.16. The lowest BCUT2D eigenvalue weighted by molar-refractivity contribution is 0.00443. The van der Waals surface area contributed by atoms with Crippen molar-refractivity contribution in [1.82, 2.24) is 9.47 Å². The molecule has 2 aromatic carbocycles. The normalized spacial score (nSPS) is 12.9. The molecule has 0 fully saturated rings. The van der Waals surface area contributed by atoms with Crippen molar-refractivity contribution in [3.8, 4) is 0 Å². The van der Waals surface area contributed by atoms with Gasteiger partial charge in [0.15, 0.2) is 0 Å². The number of rotatable bonds is 13. The Kier molecular flexibility index (Phi) is 9.90. The van der Waals surface area contributed by atoms with E-state index >= 15 is 0 Å². The van der Waals surface area contributed by atoms with Gasteiger partial charge in [-0.05, 0) is 34.2 Å². The Bertz CT molecular complexity index is 961. The minimum absolute atomic E-state index is 0.157. The van der Waals surface area contributed by atoms with Crippen molar-refractivity contribution >= 4 is 0 Å². The van der Waals surface area contributed by atoms with E-state index in [2.05, 4.69) is 72.8 Å². The topological polar surface area (TPSA) is 46.9 Å². The van der Waals surface area contributed by atoms with E-state index in [0.717, 1.165) is 25.2 Å². The second kappa shape index (κ2) is 12.9. The van der Waals surface area contributed by atoms with Crippen LogP contribution >= 0.6 is 0 Å². The van der Waals surface area contributed by atoms with Crippen LogP contribution in [0.2, 0.25) is 0 Å². The number of aliphatic hydroxyl groups excluding tert-OH is 1. The molecule has 1 aromatic heterocycles. The summed E-state index contributed by atoms with van der Waals surface area (Å²) in [5, 5.41) is 10.6. The van der Waals surface area contributed by atoms with E-state index in [1.165, 1.54) is 16.8 Å². The van der Waals surface area contributed by atoms with Gasteiger partial charge in [-0.2, -0.15) is 0 Å². The summed E-state index contributed by atoms with van der Waals surface area (Å²) < 4.78 is 13.3. The molecular formula is C29H40N2O3. The number of methoxy groups -OCH3 is 1. The van der Waals surface area contributed by atoms with Gasteiger partial charge in [-0.25, -0.2) is 0 Å². The molecule has 0 saturated carbocycles.